The third kappa shape index (κ3) is 2.18. The van der Waals surface area contributed by atoms with Gasteiger partial charge in [-0.1, -0.05) is 12.2 Å². The van der Waals surface area contributed by atoms with Gasteiger partial charge in [-0.25, -0.2) is 0 Å². The lowest BCUT2D eigenvalue weighted by Gasteiger charge is -2.04. The first-order chi connectivity index (χ1) is 5.72. The number of hydrogen-bond acceptors (Lipinski definition) is 1. The van der Waals surface area contributed by atoms with E-state index in [2.05, 4.69) is 4.79 Å². The van der Waals surface area contributed by atoms with Crippen LogP contribution in [0, 0.1) is 5.92 Å². The van der Waals surface area contributed by atoms with E-state index in [0.717, 1.165) is 0 Å². The Balaban J connectivity index is 2.61. The molecule has 1 aliphatic rings. The van der Waals surface area contributed by atoms with Gasteiger partial charge in [-0.05, 0) is 0 Å². The fourth-order valence-electron chi connectivity index (χ4n) is 0.968. The zero-order valence-electron chi connectivity index (χ0n) is 6.34. The molecule has 0 atom stereocenters. The molecule has 0 aromatic carbocycles. The summed E-state index contributed by atoms with van der Waals surface area (Å²) in [5, 5.41) is 8.44. The van der Waals surface area contributed by atoms with Crippen LogP contribution < -0.4 is 0 Å². The molecule has 0 aromatic heterocycles. The van der Waals surface area contributed by atoms with Crippen LogP contribution >= 0.6 is 0 Å². The van der Waals surface area contributed by atoms with Gasteiger partial charge in [0.1, 0.15) is 0 Å². The van der Waals surface area contributed by atoms with Crippen molar-refractivity contribution in [3.63, 3.8) is 0 Å². The number of aliphatic carboxylic acids is 1. The van der Waals surface area contributed by atoms with Gasteiger partial charge in [0.25, 0.3) is 0 Å². The first kappa shape index (κ1) is 8.43. The van der Waals surface area contributed by atoms with Crippen LogP contribution in [0.5, 0.6) is 0 Å². The van der Waals surface area contributed by atoms with Crippen molar-refractivity contribution < 1.29 is 14.7 Å². The maximum Gasteiger partial charge on any atom is 0.314 e. The molecule has 4 heteroatoms. The van der Waals surface area contributed by atoms with E-state index in [1.165, 1.54) is 0 Å². The molecule has 0 amide bonds. The summed E-state index contributed by atoms with van der Waals surface area (Å²) in [5.41, 5.74) is 8.77. The Morgan fingerprint density at radius 1 is 1.58 bits per heavy atom. The highest BCUT2D eigenvalue weighted by atomic mass is 16.4. The Hall–Kier alpha value is -1.67. The Kier molecular flexibility index (Phi) is 2.56. The van der Waals surface area contributed by atoms with Gasteiger partial charge in [0.15, 0.2) is 0 Å². The number of carboxylic acids is 1. The number of allylic oxidation sites excluding steroid dienone is 4. The van der Waals surface area contributed by atoms with E-state index >= 15 is 0 Å². The third-order valence-electron chi connectivity index (χ3n) is 1.55. The van der Waals surface area contributed by atoms with Crippen LogP contribution in [-0.4, -0.2) is 21.6 Å². The molecule has 0 aliphatic heterocycles. The topological polar surface area (TPSA) is 73.7 Å². The van der Waals surface area contributed by atoms with Crippen LogP contribution in [0.1, 0.15) is 6.42 Å². The Morgan fingerprint density at radius 2 is 2.17 bits per heavy atom. The van der Waals surface area contributed by atoms with Crippen LogP contribution in [0.2, 0.25) is 0 Å². The van der Waals surface area contributed by atoms with Crippen LogP contribution in [0.15, 0.2) is 24.3 Å². The van der Waals surface area contributed by atoms with Gasteiger partial charge in [0.2, 0.25) is 0 Å². The molecular formula is C8H8N2O2. The van der Waals surface area contributed by atoms with Crippen LogP contribution in [-0.2, 0) is 4.79 Å². The molecule has 0 fully saturated rings. The van der Waals surface area contributed by atoms with Crippen LogP contribution in [0.25, 0.3) is 5.53 Å². The number of hydrogen-bond donors (Lipinski definition) is 1. The molecule has 1 rings (SSSR count). The van der Waals surface area contributed by atoms with Gasteiger partial charge in [0.05, 0.1) is 6.42 Å². The molecule has 0 heterocycles. The second-order valence-electron chi connectivity index (χ2n) is 2.50. The normalized spacial score (nSPS) is 20.7. The largest absolute Gasteiger partial charge is 0.481 e. The van der Waals surface area contributed by atoms with E-state index in [1.54, 1.807) is 24.3 Å². The van der Waals surface area contributed by atoms with Gasteiger partial charge < -0.3 is 10.6 Å². The minimum atomic E-state index is -0.835. The third-order valence-corrected chi connectivity index (χ3v) is 1.55. The highest BCUT2D eigenvalue weighted by Crippen LogP contribution is 2.11. The average molecular weight is 164 g/mol. The monoisotopic (exact) mass is 164 g/mol. The fraction of sp³-hybridized carbons (Fsp3) is 0.250. The smallest absolute Gasteiger partial charge is 0.314 e. The molecule has 0 spiro atoms. The predicted octanol–water partition coefficient (Wildman–Crippen LogP) is 0.874. The van der Waals surface area contributed by atoms with Crippen molar-refractivity contribution in [2.45, 2.75) is 6.42 Å². The predicted molar refractivity (Wildman–Crippen MR) is 42.6 cm³/mol. The minimum absolute atomic E-state index is 0.0751. The SMILES string of the molecule is [N-]=[N+]=C1C=CC(CC(=O)O)C=C1. The summed E-state index contributed by atoms with van der Waals surface area (Å²) >= 11 is 0. The van der Waals surface area contributed by atoms with Gasteiger partial charge in [-0.2, -0.15) is 4.79 Å². The first-order valence-corrected chi connectivity index (χ1v) is 3.52. The maximum atomic E-state index is 10.3. The van der Waals surface area contributed by atoms with Gasteiger partial charge in [-0.3, -0.25) is 4.79 Å². The standard InChI is InChI=1S/C8H8N2O2/c9-10-7-3-1-6(2-4-7)5-8(11)12/h1-4,6H,5H2,(H,11,12). The number of carboxylic acid groups (broad SMARTS) is 1. The van der Waals surface area contributed by atoms with E-state index in [-0.39, 0.29) is 12.3 Å². The lowest BCUT2D eigenvalue weighted by molar-refractivity contribution is -0.137. The molecule has 0 saturated heterocycles. The van der Waals surface area contributed by atoms with Crippen molar-refractivity contribution in [1.29, 1.82) is 0 Å². The summed E-state index contributed by atoms with van der Waals surface area (Å²) in [6.45, 7) is 0. The summed E-state index contributed by atoms with van der Waals surface area (Å²) in [6.07, 6.45) is 6.65. The summed E-state index contributed by atoms with van der Waals surface area (Å²) in [6, 6.07) is 0. The van der Waals surface area contributed by atoms with Crippen molar-refractivity contribution in [2.24, 2.45) is 5.92 Å². The minimum Gasteiger partial charge on any atom is -0.481 e. The summed E-state index contributed by atoms with van der Waals surface area (Å²) in [4.78, 5) is 13.2. The summed E-state index contributed by atoms with van der Waals surface area (Å²) in [7, 11) is 0. The second kappa shape index (κ2) is 3.64. The quantitative estimate of drug-likeness (QED) is 0.485. The van der Waals surface area contributed by atoms with E-state index < -0.39 is 5.97 Å². The highest BCUT2D eigenvalue weighted by Gasteiger charge is 2.12. The summed E-state index contributed by atoms with van der Waals surface area (Å²) < 4.78 is 0. The molecule has 0 radical (unpaired) electrons. The Labute approximate surface area is 69.4 Å². The molecule has 1 aliphatic carbocycles. The van der Waals surface area contributed by atoms with Crippen molar-refractivity contribution in [3.8, 4) is 0 Å². The molecule has 12 heavy (non-hydrogen) atoms. The van der Waals surface area contributed by atoms with Crippen LogP contribution in [0.4, 0.5) is 0 Å². The summed E-state index contributed by atoms with van der Waals surface area (Å²) in [5.74, 6) is -0.924. The van der Waals surface area contributed by atoms with Crippen molar-refractivity contribution >= 4 is 11.7 Å². The second-order valence-corrected chi connectivity index (χ2v) is 2.50. The van der Waals surface area contributed by atoms with Crippen LogP contribution in [0.3, 0.4) is 0 Å². The lowest BCUT2D eigenvalue weighted by Crippen LogP contribution is -2.07. The van der Waals surface area contributed by atoms with E-state index in [9.17, 15) is 4.79 Å². The van der Waals surface area contributed by atoms with E-state index in [0.29, 0.717) is 5.71 Å². The molecule has 1 N–H and O–H groups in total. The maximum absolute atomic E-state index is 10.3. The highest BCUT2D eigenvalue weighted by molar-refractivity contribution is 6.00. The van der Waals surface area contributed by atoms with E-state index in [4.69, 9.17) is 10.6 Å². The van der Waals surface area contributed by atoms with Crippen molar-refractivity contribution in [1.82, 2.24) is 0 Å². The van der Waals surface area contributed by atoms with Crippen molar-refractivity contribution in [2.75, 3.05) is 0 Å². The van der Waals surface area contributed by atoms with Gasteiger partial charge in [0, 0.05) is 18.1 Å². The Bertz CT molecular complexity index is 282. The Morgan fingerprint density at radius 3 is 2.58 bits per heavy atom. The zero-order chi connectivity index (χ0) is 8.97. The number of carbonyl (C=O) groups is 1. The van der Waals surface area contributed by atoms with Gasteiger partial charge >= 0.3 is 11.7 Å². The number of nitrogens with zero attached hydrogens (tertiary/aromatic N) is 2. The molecule has 62 valence electrons. The molecular weight excluding hydrogens is 156 g/mol. The van der Waals surface area contributed by atoms with E-state index in [1.807, 2.05) is 0 Å². The molecule has 0 aromatic rings. The first-order valence-electron chi connectivity index (χ1n) is 3.52. The number of rotatable bonds is 2. The molecule has 0 bridgehead atoms. The zero-order valence-corrected chi connectivity index (χ0v) is 6.34. The molecule has 0 unspecified atom stereocenters. The van der Waals surface area contributed by atoms with Crippen molar-refractivity contribution in [3.05, 3.63) is 29.8 Å². The molecule has 4 nitrogen and oxygen atoms in total. The van der Waals surface area contributed by atoms with Gasteiger partial charge in [-0.15, -0.1) is 0 Å². The molecule has 0 saturated carbocycles. The lowest BCUT2D eigenvalue weighted by atomic mass is 9.99. The fourth-order valence-corrected chi connectivity index (χ4v) is 0.968. The average Bonchev–Trinajstić information content (AvgIpc) is 2.05.